The zero-order chi connectivity index (χ0) is 23.3. The van der Waals surface area contributed by atoms with E-state index in [1.165, 1.54) is 30.3 Å². The average Bonchev–Trinajstić information content (AvgIpc) is 2.77. The molecule has 8 nitrogen and oxygen atoms in total. The van der Waals surface area contributed by atoms with Gasteiger partial charge in [0.25, 0.3) is 5.91 Å². The lowest BCUT2D eigenvalue weighted by Crippen LogP contribution is -2.38. The number of halogens is 3. The Labute approximate surface area is 181 Å². The number of carbonyl (C=O) groups is 3. The highest BCUT2D eigenvalue weighted by Gasteiger charge is 2.31. The first-order chi connectivity index (χ1) is 15.1. The highest BCUT2D eigenvalue weighted by atomic mass is 19.4. The van der Waals surface area contributed by atoms with Crippen LogP contribution in [0.2, 0.25) is 0 Å². The van der Waals surface area contributed by atoms with Crippen molar-refractivity contribution in [3.63, 3.8) is 0 Å². The molecule has 0 atom stereocenters. The zero-order valence-electron chi connectivity index (χ0n) is 16.9. The summed E-state index contributed by atoms with van der Waals surface area (Å²) in [6.07, 6.45) is -2.80. The van der Waals surface area contributed by atoms with Crippen LogP contribution in [0.25, 0.3) is 0 Å². The number of primary amides is 1. The normalized spacial score (nSPS) is 14.7. The van der Waals surface area contributed by atoms with Crippen LogP contribution in [0.5, 0.6) is 0 Å². The molecule has 0 bridgehead atoms. The van der Waals surface area contributed by atoms with E-state index in [0.29, 0.717) is 43.0 Å². The Hall–Kier alpha value is -3.63. The summed E-state index contributed by atoms with van der Waals surface area (Å²) in [6.45, 7) is 0.393. The zero-order valence-corrected chi connectivity index (χ0v) is 16.9. The molecule has 1 aliphatic rings. The number of rotatable bonds is 6. The lowest BCUT2D eigenvalue weighted by Gasteiger charge is -2.31. The molecular weight excluding hydrogens is 429 g/mol. The van der Waals surface area contributed by atoms with E-state index in [4.69, 9.17) is 10.5 Å². The number of nitrogens with zero attached hydrogens (tertiary/aromatic N) is 2. The molecule has 2 heterocycles. The summed E-state index contributed by atoms with van der Waals surface area (Å²) in [5.74, 6) is -1.63. The molecule has 1 fully saturated rings. The number of nitrogens with one attached hydrogen (secondary N) is 1. The van der Waals surface area contributed by atoms with Gasteiger partial charge < -0.3 is 20.7 Å². The van der Waals surface area contributed by atoms with E-state index in [-0.39, 0.29) is 0 Å². The third kappa shape index (κ3) is 5.96. The van der Waals surface area contributed by atoms with E-state index < -0.39 is 42.0 Å². The van der Waals surface area contributed by atoms with Crippen LogP contribution in [0.15, 0.2) is 42.6 Å². The number of hydrogen-bond donors (Lipinski definition) is 2. The number of esters is 1. The third-order valence-electron chi connectivity index (χ3n) is 5.03. The number of ether oxygens (including phenoxy) is 1. The van der Waals surface area contributed by atoms with E-state index >= 15 is 0 Å². The monoisotopic (exact) mass is 450 g/mol. The van der Waals surface area contributed by atoms with Crippen molar-refractivity contribution >= 4 is 29.3 Å². The van der Waals surface area contributed by atoms with E-state index in [0.717, 1.165) is 12.3 Å². The van der Waals surface area contributed by atoms with Gasteiger partial charge in [0.2, 0.25) is 5.91 Å². The van der Waals surface area contributed by atoms with E-state index in [1.807, 2.05) is 0 Å². The van der Waals surface area contributed by atoms with Crippen LogP contribution in [-0.2, 0) is 20.5 Å². The fourth-order valence-corrected chi connectivity index (χ4v) is 3.25. The van der Waals surface area contributed by atoms with Crippen molar-refractivity contribution < 1.29 is 32.3 Å². The van der Waals surface area contributed by atoms with Gasteiger partial charge in [-0.15, -0.1) is 0 Å². The van der Waals surface area contributed by atoms with Crippen molar-refractivity contribution in [3.8, 4) is 0 Å². The molecule has 1 aliphatic heterocycles. The van der Waals surface area contributed by atoms with Gasteiger partial charge in [-0.2, -0.15) is 13.2 Å². The summed E-state index contributed by atoms with van der Waals surface area (Å²) in [5, 5.41) is 2.55. The minimum atomic E-state index is -4.44. The quantitative estimate of drug-likeness (QED) is 0.654. The Morgan fingerprint density at radius 3 is 2.28 bits per heavy atom. The maximum Gasteiger partial charge on any atom is 0.417 e. The van der Waals surface area contributed by atoms with Crippen LogP contribution >= 0.6 is 0 Å². The Morgan fingerprint density at radius 2 is 1.75 bits per heavy atom. The number of benzene rings is 1. The Bertz CT molecular complexity index is 970. The van der Waals surface area contributed by atoms with Crippen molar-refractivity contribution in [3.05, 3.63) is 53.7 Å². The van der Waals surface area contributed by atoms with Gasteiger partial charge in [0.1, 0.15) is 5.82 Å². The van der Waals surface area contributed by atoms with Gasteiger partial charge in [0, 0.05) is 30.5 Å². The number of alkyl halides is 3. The number of anilines is 2. The lowest BCUT2D eigenvalue weighted by molar-refractivity contribution is -0.152. The van der Waals surface area contributed by atoms with Crippen molar-refractivity contribution in [1.82, 2.24) is 4.98 Å². The molecule has 1 aromatic carbocycles. The summed E-state index contributed by atoms with van der Waals surface area (Å²) in [7, 11) is 0. The molecular formula is C21H21F3N4O4. The molecule has 0 radical (unpaired) electrons. The highest BCUT2D eigenvalue weighted by Crippen LogP contribution is 2.30. The number of nitrogens with two attached hydrogens (primary N) is 1. The standard InChI is InChI=1S/C21H21F3N4O4/c22-21(23,24)15-3-6-17(26-11-15)28-9-7-14(8-10-28)20(31)32-12-18(29)27-16-4-1-13(2-5-16)19(25)30/h1-6,11,14H,7-10,12H2,(H2,25,30)(H,27,29). The number of piperidine rings is 1. The van der Waals surface area contributed by atoms with Crippen LogP contribution < -0.4 is 16.0 Å². The maximum absolute atomic E-state index is 12.6. The van der Waals surface area contributed by atoms with E-state index in [1.54, 1.807) is 4.90 Å². The summed E-state index contributed by atoms with van der Waals surface area (Å²) < 4.78 is 43.0. The molecule has 0 aliphatic carbocycles. The predicted octanol–water partition coefficient (Wildman–Crippen LogP) is 2.60. The van der Waals surface area contributed by atoms with Gasteiger partial charge in [0.15, 0.2) is 6.61 Å². The van der Waals surface area contributed by atoms with E-state index in [2.05, 4.69) is 10.3 Å². The summed E-state index contributed by atoms with van der Waals surface area (Å²) in [5.41, 5.74) is 5.05. The van der Waals surface area contributed by atoms with Crippen molar-refractivity contribution in [2.24, 2.45) is 11.7 Å². The summed E-state index contributed by atoms with van der Waals surface area (Å²) >= 11 is 0. The molecule has 1 saturated heterocycles. The summed E-state index contributed by atoms with van der Waals surface area (Å²) in [4.78, 5) is 40.9. The second-order valence-corrected chi connectivity index (χ2v) is 7.26. The number of hydrogen-bond acceptors (Lipinski definition) is 6. The number of amides is 2. The summed E-state index contributed by atoms with van der Waals surface area (Å²) in [6, 6.07) is 8.21. The Morgan fingerprint density at radius 1 is 1.09 bits per heavy atom. The molecule has 11 heteroatoms. The predicted molar refractivity (Wildman–Crippen MR) is 109 cm³/mol. The van der Waals surface area contributed by atoms with Crippen molar-refractivity contribution in [1.29, 1.82) is 0 Å². The van der Waals surface area contributed by atoms with Gasteiger partial charge in [-0.05, 0) is 49.2 Å². The second kappa shape index (κ2) is 9.67. The van der Waals surface area contributed by atoms with Crippen LogP contribution in [0.1, 0.15) is 28.8 Å². The van der Waals surface area contributed by atoms with Crippen molar-refractivity contribution in [2.75, 3.05) is 29.9 Å². The maximum atomic E-state index is 12.6. The van der Waals surface area contributed by atoms with Crippen LogP contribution in [0, 0.1) is 5.92 Å². The van der Waals surface area contributed by atoms with Crippen LogP contribution in [-0.4, -0.2) is 42.5 Å². The van der Waals surface area contributed by atoms with Crippen molar-refractivity contribution in [2.45, 2.75) is 19.0 Å². The molecule has 0 unspecified atom stereocenters. The molecule has 170 valence electrons. The number of pyridine rings is 1. The fraction of sp³-hybridized carbons (Fsp3) is 0.333. The first-order valence-corrected chi connectivity index (χ1v) is 9.78. The number of aromatic nitrogens is 1. The molecule has 3 rings (SSSR count). The van der Waals surface area contributed by atoms with Gasteiger partial charge >= 0.3 is 12.1 Å². The fourth-order valence-electron chi connectivity index (χ4n) is 3.25. The molecule has 2 amide bonds. The largest absolute Gasteiger partial charge is 0.455 e. The van der Waals surface area contributed by atoms with Gasteiger partial charge in [0.05, 0.1) is 11.5 Å². The highest BCUT2D eigenvalue weighted by molar-refractivity contribution is 5.95. The molecule has 32 heavy (non-hydrogen) atoms. The average molecular weight is 450 g/mol. The van der Waals surface area contributed by atoms with Gasteiger partial charge in [-0.25, -0.2) is 4.98 Å². The van der Waals surface area contributed by atoms with Gasteiger partial charge in [-0.3, -0.25) is 14.4 Å². The SMILES string of the molecule is NC(=O)c1ccc(NC(=O)COC(=O)C2CCN(c3ccc(C(F)(F)F)cn3)CC2)cc1. The first-order valence-electron chi connectivity index (χ1n) is 9.78. The first kappa shape index (κ1) is 23.0. The minimum Gasteiger partial charge on any atom is -0.455 e. The van der Waals surface area contributed by atoms with Crippen LogP contribution in [0.4, 0.5) is 24.7 Å². The smallest absolute Gasteiger partial charge is 0.417 e. The van der Waals surface area contributed by atoms with Crippen LogP contribution in [0.3, 0.4) is 0 Å². The second-order valence-electron chi connectivity index (χ2n) is 7.26. The molecule has 0 spiro atoms. The van der Waals surface area contributed by atoms with E-state index in [9.17, 15) is 27.6 Å². The molecule has 2 aromatic rings. The number of carbonyl (C=O) groups excluding carboxylic acids is 3. The molecule has 1 aromatic heterocycles. The minimum absolute atomic E-state index is 0.298. The lowest BCUT2D eigenvalue weighted by atomic mass is 9.97. The van der Waals surface area contributed by atoms with Gasteiger partial charge in [-0.1, -0.05) is 0 Å². The topological polar surface area (TPSA) is 115 Å². The third-order valence-corrected chi connectivity index (χ3v) is 5.03. The molecule has 0 saturated carbocycles. The molecule has 3 N–H and O–H groups in total. The Balaban J connectivity index is 1.43. The Kier molecular flexibility index (Phi) is 6.96.